The predicted octanol–water partition coefficient (Wildman–Crippen LogP) is 5.69. The van der Waals surface area contributed by atoms with Gasteiger partial charge in [0.05, 0.1) is 18.7 Å². The van der Waals surface area contributed by atoms with Gasteiger partial charge in [-0.2, -0.15) is 0 Å². The summed E-state index contributed by atoms with van der Waals surface area (Å²) in [6, 6.07) is 11.6. The monoisotopic (exact) mass is 525 g/mol. The first kappa shape index (κ1) is 25.6. The topological polar surface area (TPSA) is 95.7 Å². The maximum absolute atomic E-state index is 12.5. The van der Waals surface area contributed by atoms with E-state index < -0.39 is 18.1 Å². The molecule has 1 N–H and O–H groups in total. The first-order valence-electron chi connectivity index (χ1n) is 11.1. The molecule has 36 heavy (non-hydrogen) atoms. The van der Waals surface area contributed by atoms with Gasteiger partial charge in [0.1, 0.15) is 17.6 Å². The number of benzene rings is 2. The molecule has 1 aromatic heterocycles. The van der Waals surface area contributed by atoms with Gasteiger partial charge in [-0.3, -0.25) is 0 Å². The minimum Gasteiger partial charge on any atom is -0.497 e. The summed E-state index contributed by atoms with van der Waals surface area (Å²) in [5.41, 5.74) is 1.41. The van der Waals surface area contributed by atoms with Crippen LogP contribution < -0.4 is 14.2 Å². The summed E-state index contributed by atoms with van der Waals surface area (Å²) in [6.07, 6.45) is -2.50. The van der Waals surface area contributed by atoms with Crippen LogP contribution in [0.25, 0.3) is 0 Å². The van der Waals surface area contributed by atoms with Crippen molar-refractivity contribution in [1.29, 1.82) is 0 Å². The quantitative estimate of drug-likeness (QED) is 0.403. The Morgan fingerprint density at radius 2 is 1.83 bits per heavy atom. The van der Waals surface area contributed by atoms with Crippen LogP contribution in [-0.2, 0) is 6.54 Å². The molecule has 4 rings (SSSR count). The summed E-state index contributed by atoms with van der Waals surface area (Å²) in [7, 11) is 1.57. The molecule has 0 spiro atoms. The number of hydrogen-bond donors (Lipinski definition) is 1. The van der Waals surface area contributed by atoms with Gasteiger partial charge in [-0.1, -0.05) is 35.0 Å². The number of carboxylic acid groups (broad SMARTS) is 1. The van der Waals surface area contributed by atoms with E-state index in [0.29, 0.717) is 31.4 Å². The number of ether oxygens (including phenoxy) is 3. The maximum Gasteiger partial charge on any atom is 0.573 e. The largest absolute Gasteiger partial charge is 0.573 e. The number of rotatable bonds is 8. The maximum atomic E-state index is 12.5. The minimum absolute atomic E-state index is 0.0727. The fraction of sp³-hybridized carbons (Fsp3) is 0.375. The van der Waals surface area contributed by atoms with Gasteiger partial charge in [0.2, 0.25) is 11.6 Å². The van der Waals surface area contributed by atoms with Crippen molar-refractivity contribution in [2.75, 3.05) is 7.11 Å². The molecule has 1 saturated carbocycles. The first-order chi connectivity index (χ1) is 17.1. The lowest BCUT2D eigenvalue weighted by Gasteiger charge is -2.29. The van der Waals surface area contributed by atoms with Crippen LogP contribution in [0.5, 0.6) is 17.4 Å². The van der Waals surface area contributed by atoms with Gasteiger partial charge in [0, 0.05) is 0 Å². The van der Waals surface area contributed by atoms with Crippen LogP contribution in [0.4, 0.5) is 13.2 Å². The number of alkyl halides is 3. The van der Waals surface area contributed by atoms with E-state index in [1.165, 1.54) is 16.8 Å². The average Bonchev–Trinajstić information content (AvgIpc) is 3.23. The zero-order valence-electron chi connectivity index (χ0n) is 19.2. The molecular formula is C24H23ClF3N3O5. The molecule has 1 aliphatic rings. The molecule has 1 aliphatic carbocycles. The predicted molar refractivity (Wildman–Crippen MR) is 123 cm³/mol. The van der Waals surface area contributed by atoms with E-state index in [2.05, 4.69) is 15.0 Å². The Kier molecular flexibility index (Phi) is 7.58. The lowest BCUT2D eigenvalue weighted by atomic mass is 9.82. The molecule has 2 aromatic carbocycles. The SMILES string of the molecule is COc1ccc(Cn2nnc(C(=O)O)c2OC2CCC(c3ccc(OC(F)(F)F)c(Cl)c3)CC2)cc1. The minimum atomic E-state index is -4.82. The molecule has 0 aliphatic heterocycles. The Labute approximate surface area is 209 Å². The number of aromatic carboxylic acids is 1. The summed E-state index contributed by atoms with van der Waals surface area (Å²) in [5, 5.41) is 17.2. The summed E-state index contributed by atoms with van der Waals surface area (Å²) in [4.78, 5) is 11.7. The van der Waals surface area contributed by atoms with Gasteiger partial charge in [0.15, 0.2) is 0 Å². The molecule has 0 unspecified atom stereocenters. The smallest absolute Gasteiger partial charge is 0.497 e. The summed E-state index contributed by atoms with van der Waals surface area (Å²) in [5.74, 6) is -0.832. The average molecular weight is 526 g/mol. The van der Waals surface area contributed by atoms with Crippen molar-refractivity contribution in [3.05, 3.63) is 64.3 Å². The van der Waals surface area contributed by atoms with Crippen LogP contribution in [0.2, 0.25) is 5.02 Å². The van der Waals surface area contributed by atoms with Crippen molar-refractivity contribution >= 4 is 17.6 Å². The highest BCUT2D eigenvalue weighted by Gasteiger charge is 2.33. The van der Waals surface area contributed by atoms with E-state index >= 15 is 0 Å². The molecule has 0 amide bonds. The zero-order chi connectivity index (χ0) is 25.9. The number of halogens is 4. The molecule has 0 radical (unpaired) electrons. The van der Waals surface area contributed by atoms with Gasteiger partial charge >= 0.3 is 12.3 Å². The van der Waals surface area contributed by atoms with Crippen molar-refractivity contribution in [1.82, 2.24) is 15.0 Å². The third-order valence-electron chi connectivity index (χ3n) is 5.99. The molecule has 3 aromatic rings. The lowest BCUT2D eigenvalue weighted by molar-refractivity contribution is -0.274. The molecule has 1 heterocycles. The fourth-order valence-electron chi connectivity index (χ4n) is 4.21. The van der Waals surface area contributed by atoms with Gasteiger partial charge < -0.3 is 19.3 Å². The second-order valence-electron chi connectivity index (χ2n) is 8.38. The Morgan fingerprint density at radius 3 is 2.42 bits per heavy atom. The zero-order valence-corrected chi connectivity index (χ0v) is 19.9. The van der Waals surface area contributed by atoms with E-state index in [0.717, 1.165) is 11.1 Å². The van der Waals surface area contributed by atoms with Crippen LogP contribution in [0.15, 0.2) is 42.5 Å². The molecule has 8 nitrogen and oxygen atoms in total. The third-order valence-corrected chi connectivity index (χ3v) is 6.28. The van der Waals surface area contributed by atoms with E-state index in [-0.39, 0.29) is 35.2 Å². The number of carboxylic acids is 1. The van der Waals surface area contributed by atoms with Gasteiger partial charge in [-0.25, -0.2) is 9.48 Å². The van der Waals surface area contributed by atoms with E-state index in [1.54, 1.807) is 25.3 Å². The highest BCUT2D eigenvalue weighted by Crippen LogP contribution is 2.38. The van der Waals surface area contributed by atoms with Crippen molar-refractivity contribution < 1.29 is 37.3 Å². The van der Waals surface area contributed by atoms with Crippen LogP contribution in [0.1, 0.15) is 53.2 Å². The van der Waals surface area contributed by atoms with E-state index in [9.17, 15) is 23.1 Å². The molecule has 0 bridgehead atoms. The van der Waals surface area contributed by atoms with Crippen molar-refractivity contribution in [3.63, 3.8) is 0 Å². The first-order valence-corrected chi connectivity index (χ1v) is 11.5. The number of aromatic nitrogens is 3. The number of nitrogens with zero attached hydrogens (tertiary/aromatic N) is 3. The molecule has 0 saturated heterocycles. The van der Waals surface area contributed by atoms with Gasteiger partial charge in [-0.15, -0.1) is 18.3 Å². The Balaban J connectivity index is 1.42. The van der Waals surface area contributed by atoms with Crippen LogP contribution >= 0.6 is 11.6 Å². The molecule has 1 fully saturated rings. The second kappa shape index (κ2) is 10.7. The Hall–Kier alpha value is -3.47. The summed E-state index contributed by atoms with van der Waals surface area (Å²) < 4.78 is 54.0. The normalized spacial score (nSPS) is 18.0. The standard InChI is InChI=1S/C24H23ClF3N3O5/c1-34-17-7-2-14(3-8-17)13-31-22(21(23(32)33)29-30-31)35-18-9-4-15(5-10-18)16-6-11-20(19(25)12-16)36-24(26,27)28/h2-3,6-8,11-12,15,18H,4-5,9-10,13H2,1H3,(H,32,33). The summed E-state index contributed by atoms with van der Waals surface area (Å²) in [6.45, 7) is 0.264. The van der Waals surface area contributed by atoms with Crippen molar-refractivity contribution in [2.24, 2.45) is 0 Å². The number of methoxy groups -OCH3 is 1. The molecule has 0 atom stereocenters. The van der Waals surface area contributed by atoms with E-state index in [1.807, 2.05) is 12.1 Å². The Bertz CT molecular complexity index is 1210. The van der Waals surface area contributed by atoms with Crippen molar-refractivity contribution in [3.8, 4) is 17.4 Å². The van der Waals surface area contributed by atoms with Gasteiger partial charge in [-0.05, 0) is 67.0 Å². The highest BCUT2D eigenvalue weighted by atomic mass is 35.5. The molecule has 192 valence electrons. The van der Waals surface area contributed by atoms with Crippen LogP contribution in [0, 0.1) is 0 Å². The lowest BCUT2D eigenvalue weighted by Crippen LogP contribution is -2.25. The summed E-state index contributed by atoms with van der Waals surface area (Å²) >= 11 is 6.00. The number of hydrogen-bond acceptors (Lipinski definition) is 6. The van der Waals surface area contributed by atoms with E-state index in [4.69, 9.17) is 21.1 Å². The molecular weight excluding hydrogens is 503 g/mol. The van der Waals surface area contributed by atoms with Crippen LogP contribution in [0.3, 0.4) is 0 Å². The third kappa shape index (κ3) is 6.20. The second-order valence-corrected chi connectivity index (χ2v) is 8.79. The fourth-order valence-corrected chi connectivity index (χ4v) is 4.44. The van der Waals surface area contributed by atoms with Gasteiger partial charge in [0.25, 0.3) is 0 Å². The highest BCUT2D eigenvalue weighted by molar-refractivity contribution is 6.32. The number of carbonyl (C=O) groups is 1. The van der Waals surface area contributed by atoms with Crippen molar-refractivity contribution in [2.45, 2.75) is 50.6 Å². The Morgan fingerprint density at radius 1 is 1.14 bits per heavy atom. The van der Waals surface area contributed by atoms with Crippen LogP contribution in [-0.4, -0.2) is 45.6 Å². The molecule has 12 heteroatoms.